The van der Waals surface area contributed by atoms with Crippen molar-refractivity contribution in [3.8, 4) is 5.75 Å². The van der Waals surface area contributed by atoms with Gasteiger partial charge < -0.3 is 30.7 Å². The Morgan fingerprint density at radius 3 is 2.38 bits per heavy atom. The molecule has 1 fully saturated rings. The lowest BCUT2D eigenvalue weighted by molar-refractivity contribution is -0.119. The first-order valence-electron chi connectivity index (χ1n) is 16.4. The van der Waals surface area contributed by atoms with Gasteiger partial charge in [0.1, 0.15) is 11.6 Å². The van der Waals surface area contributed by atoms with E-state index in [2.05, 4.69) is 10.6 Å². The summed E-state index contributed by atoms with van der Waals surface area (Å²) in [5, 5.41) is 5.90. The maximum Gasteiger partial charge on any atom is 0.254 e. The predicted molar refractivity (Wildman–Crippen MR) is 181 cm³/mol. The molecule has 10 heteroatoms. The van der Waals surface area contributed by atoms with Gasteiger partial charge in [-0.3, -0.25) is 14.4 Å². The van der Waals surface area contributed by atoms with Crippen LogP contribution < -0.4 is 21.1 Å². The molecule has 0 spiro atoms. The zero-order valence-electron chi connectivity index (χ0n) is 27.7. The largest absolute Gasteiger partial charge is 0.491 e. The highest BCUT2D eigenvalue weighted by molar-refractivity contribution is 6.00. The summed E-state index contributed by atoms with van der Waals surface area (Å²) in [4.78, 5) is 42.4. The van der Waals surface area contributed by atoms with Gasteiger partial charge in [0.05, 0.1) is 18.8 Å². The van der Waals surface area contributed by atoms with Crippen molar-refractivity contribution in [2.75, 3.05) is 25.1 Å². The van der Waals surface area contributed by atoms with E-state index >= 15 is 0 Å². The number of carbonyl (C=O) groups is 3. The molecule has 1 aliphatic rings. The average Bonchev–Trinajstić information content (AvgIpc) is 3.52. The Hall–Kier alpha value is -4.28. The van der Waals surface area contributed by atoms with Gasteiger partial charge in [-0.05, 0) is 94.5 Å². The minimum atomic E-state index is -0.590. The number of rotatable bonds is 15. The van der Waals surface area contributed by atoms with Gasteiger partial charge in [-0.15, -0.1) is 0 Å². The molecule has 4 atom stereocenters. The Bertz CT molecular complexity index is 1480. The molecule has 0 unspecified atom stereocenters. The van der Waals surface area contributed by atoms with Gasteiger partial charge in [0.25, 0.3) is 11.8 Å². The summed E-state index contributed by atoms with van der Waals surface area (Å²) in [6, 6.07) is 19.0. The summed E-state index contributed by atoms with van der Waals surface area (Å²) in [6.07, 6.45) is 2.29. The lowest BCUT2D eigenvalue weighted by Gasteiger charge is -2.28. The normalized spacial score (nSPS) is 16.4. The number of ether oxygens (including phenoxy) is 2. The van der Waals surface area contributed by atoms with E-state index in [1.165, 1.54) is 24.3 Å². The number of nitrogens with one attached hydrogen (secondary N) is 2. The molecule has 1 heterocycles. The summed E-state index contributed by atoms with van der Waals surface area (Å²) in [5.41, 5.74) is 8.81. The third-order valence-electron chi connectivity index (χ3n) is 8.26. The molecule has 1 saturated heterocycles. The van der Waals surface area contributed by atoms with Crippen LogP contribution in [0, 0.1) is 11.7 Å². The number of amides is 3. The second-order valence-electron chi connectivity index (χ2n) is 12.4. The van der Waals surface area contributed by atoms with Crippen molar-refractivity contribution in [1.29, 1.82) is 0 Å². The summed E-state index contributed by atoms with van der Waals surface area (Å²) >= 11 is 0. The molecule has 47 heavy (non-hydrogen) atoms. The van der Waals surface area contributed by atoms with Crippen molar-refractivity contribution in [1.82, 2.24) is 10.2 Å². The zero-order valence-corrected chi connectivity index (χ0v) is 27.7. The van der Waals surface area contributed by atoms with Crippen molar-refractivity contribution in [3.63, 3.8) is 0 Å². The molecule has 0 aliphatic carbocycles. The number of likely N-dealkylation sites (tertiary alicyclic amines) is 1. The van der Waals surface area contributed by atoms with Crippen LogP contribution in [0.4, 0.5) is 10.1 Å². The maximum atomic E-state index is 13.9. The Morgan fingerprint density at radius 1 is 1.00 bits per heavy atom. The van der Waals surface area contributed by atoms with Crippen LogP contribution in [-0.4, -0.2) is 66.6 Å². The molecule has 4 rings (SSSR count). The standard InChI is InChI=1S/C37H47FN4O5/c1-5-46-23-31-12-9-17-42(31)37(45)28-20-27(21-32(22-28)47-24(2)3)36(44)41-34(19-26-10-7-6-8-11-26)33(39)18-25(4)35(43)40-30-15-13-29(38)14-16-30/h6-8,10-11,13-16,20-22,24-25,31,33-34H,5,9,12,17-19,23,39H2,1-4H3,(H,40,43)(H,41,44)/t25-,31-,33+,34+/m1/s1. The van der Waals surface area contributed by atoms with Gasteiger partial charge in [-0.2, -0.15) is 0 Å². The second-order valence-corrected chi connectivity index (χ2v) is 12.4. The van der Waals surface area contributed by atoms with Crippen LogP contribution in [0.2, 0.25) is 0 Å². The van der Waals surface area contributed by atoms with E-state index in [1.54, 1.807) is 25.1 Å². The number of hydrogen-bond donors (Lipinski definition) is 3. The maximum absolute atomic E-state index is 13.9. The average molecular weight is 647 g/mol. The second kappa shape index (κ2) is 17.0. The summed E-state index contributed by atoms with van der Waals surface area (Å²) < 4.78 is 24.9. The minimum Gasteiger partial charge on any atom is -0.491 e. The van der Waals surface area contributed by atoms with Crippen LogP contribution in [-0.2, 0) is 16.0 Å². The third kappa shape index (κ3) is 10.4. The topological polar surface area (TPSA) is 123 Å². The smallest absolute Gasteiger partial charge is 0.254 e. The van der Waals surface area contributed by atoms with E-state index in [0.717, 1.165) is 18.4 Å². The monoisotopic (exact) mass is 646 g/mol. The Balaban J connectivity index is 1.55. The fourth-order valence-electron chi connectivity index (χ4n) is 5.80. The number of hydrogen-bond acceptors (Lipinski definition) is 6. The highest BCUT2D eigenvalue weighted by atomic mass is 19.1. The summed E-state index contributed by atoms with van der Waals surface area (Å²) in [6.45, 7) is 9.13. The molecule has 3 aromatic carbocycles. The van der Waals surface area contributed by atoms with E-state index in [9.17, 15) is 18.8 Å². The number of carbonyl (C=O) groups excluding carboxylic acids is 3. The molecule has 4 N–H and O–H groups in total. The molecule has 3 amide bonds. The molecular formula is C37H47FN4O5. The first kappa shape index (κ1) is 35.6. The van der Waals surface area contributed by atoms with Crippen molar-refractivity contribution >= 4 is 23.4 Å². The molecule has 9 nitrogen and oxygen atoms in total. The van der Waals surface area contributed by atoms with Gasteiger partial charge in [0, 0.05) is 48.0 Å². The Morgan fingerprint density at radius 2 is 1.70 bits per heavy atom. The van der Waals surface area contributed by atoms with E-state index in [-0.39, 0.29) is 35.9 Å². The first-order chi connectivity index (χ1) is 22.5. The first-order valence-corrected chi connectivity index (χ1v) is 16.4. The van der Waals surface area contributed by atoms with Crippen LogP contribution in [0.25, 0.3) is 0 Å². The van der Waals surface area contributed by atoms with Gasteiger partial charge in [-0.25, -0.2) is 4.39 Å². The highest BCUT2D eigenvalue weighted by Gasteiger charge is 2.31. The number of anilines is 1. The summed E-state index contributed by atoms with van der Waals surface area (Å²) in [5.74, 6) is -1.30. The lowest BCUT2D eigenvalue weighted by atomic mass is 9.91. The van der Waals surface area contributed by atoms with Gasteiger partial charge in [-0.1, -0.05) is 37.3 Å². The van der Waals surface area contributed by atoms with Crippen molar-refractivity contribution < 1.29 is 28.2 Å². The lowest BCUT2D eigenvalue weighted by Crippen LogP contribution is -2.50. The fourth-order valence-corrected chi connectivity index (χ4v) is 5.80. The van der Waals surface area contributed by atoms with Crippen LogP contribution in [0.15, 0.2) is 72.8 Å². The Kier molecular flexibility index (Phi) is 12.9. The molecule has 1 aliphatic heterocycles. The Labute approximate surface area is 277 Å². The van der Waals surface area contributed by atoms with Crippen molar-refractivity contribution in [3.05, 3.63) is 95.3 Å². The highest BCUT2D eigenvalue weighted by Crippen LogP contribution is 2.25. The number of nitrogens with zero attached hydrogens (tertiary/aromatic N) is 1. The van der Waals surface area contributed by atoms with Crippen LogP contribution >= 0.6 is 0 Å². The molecule has 0 aromatic heterocycles. The minimum absolute atomic E-state index is 0.0232. The van der Waals surface area contributed by atoms with Gasteiger partial charge in [0.2, 0.25) is 5.91 Å². The quantitative estimate of drug-likeness (QED) is 0.198. The molecule has 252 valence electrons. The zero-order chi connectivity index (χ0) is 33.9. The number of benzene rings is 3. The third-order valence-corrected chi connectivity index (χ3v) is 8.26. The molecule has 0 bridgehead atoms. The van der Waals surface area contributed by atoms with E-state index in [0.29, 0.717) is 43.2 Å². The van der Waals surface area contributed by atoms with E-state index in [4.69, 9.17) is 15.2 Å². The van der Waals surface area contributed by atoms with Gasteiger partial charge in [0.15, 0.2) is 0 Å². The van der Waals surface area contributed by atoms with Crippen LogP contribution in [0.3, 0.4) is 0 Å². The molecule has 0 radical (unpaired) electrons. The predicted octanol–water partition coefficient (Wildman–Crippen LogP) is 5.59. The van der Waals surface area contributed by atoms with E-state index in [1.807, 2.05) is 56.0 Å². The fraction of sp³-hybridized carbons (Fsp3) is 0.432. The van der Waals surface area contributed by atoms with Crippen molar-refractivity contribution in [2.24, 2.45) is 11.7 Å². The molecule has 3 aromatic rings. The van der Waals surface area contributed by atoms with E-state index < -0.39 is 29.7 Å². The molecular weight excluding hydrogens is 599 g/mol. The molecule has 0 saturated carbocycles. The van der Waals surface area contributed by atoms with Gasteiger partial charge >= 0.3 is 0 Å². The number of nitrogens with two attached hydrogens (primary N) is 1. The van der Waals surface area contributed by atoms with Crippen LogP contribution in [0.1, 0.15) is 73.2 Å². The summed E-state index contributed by atoms with van der Waals surface area (Å²) in [7, 11) is 0. The van der Waals surface area contributed by atoms with Crippen molar-refractivity contribution in [2.45, 2.75) is 77.6 Å². The number of halogens is 1. The van der Waals surface area contributed by atoms with Crippen LogP contribution in [0.5, 0.6) is 5.75 Å². The SMILES string of the molecule is CCOC[C@H]1CCCN1C(=O)c1cc(OC(C)C)cc(C(=O)N[C@@H](Cc2ccccc2)[C@@H](N)C[C@@H](C)C(=O)Nc2ccc(F)cc2)c1.